The first-order chi connectivity index (χ1) is 20.0. The fraction of sp³-hybridized carbons (Fsp3) is 0.258. The number of anilines is 1. The van der Waals surface area contributed by atoms with Crippen molar-refractivity contribution in [1.82, 2.24) is 10.2 Å². The Hall–Kier alpha value is -4.44. The van der Waals surface area contributed by atoms with Crippen LogP contribution in [-0.2, 0) is 20.9 Å². The second-order valence-electron chi connectivity index (χ2n) is 9.61. The summed E-state index contributed by atoms with van der Waals surface area (Å²) in [6.45, 7) is 2.35. The monoisotopic (exact) mass is 569 g/mol. The summed E-state index contributed by atoms with van der Waals surface area (Å²) in [6, 6.07) is 23.6. The first-order valence-corrected chi connectivity index (χ1v) is 14.4. The predicted molar refractivity (Wildman–Crippen MR) is 162 cm³/mol. The molecule has 0 bridgehead atoms. The molecular weight excluding hydrogens is 538 g/mol. The molecule has 0 spiro atoms. The van der Waals surface area contributed by atoms with Crippen LogP contribution in [0.4, 0.5) is 11.4 Å². The molecule has 0 aromatic heterocycles. The number of ether oxygens (including phenoxy) is 1. The zero-order chi connectivity index (χ0) is 28.8. The van der Waals surface area contributed by atoms with Gasteiger partial charge in [0.05, 0.1) is 18.0 Å². The second-order valence-corrected chi connectivity index (χ2v) is 10.8. The number of carbonyl (C=O) groups excluding carboxylic acids is 3. The first-order valence-electron chi connectivity index (χ1n) is 13.5. The molecule has 0 saturated carbocycles. The summed E-state index contributed by atoms with van der Waals surface area (Å²) in [5.74, 6) is 0.482. The highest BCUT2D eigenvalue weighted by Gasteiger charge is 2.42. The number of rotatable bonds is 10. The van der Waals surface area contributed by atoms with Crippen LogP contribution in [0.25, 0.3) is 0 Å². The molecule has 10 heteroatoms. The van der Waals surface area contributed by atoms with Crippen LogP contribution in [0.2, 0.25) is 0 Å². The molecule has 2 N–H and O–H groups in total. The van der Waals surface area contributed by atoms with Gasteiger partial charge in [-0.1, -0.05) is 67.2 Å². The van der Waals surface area contributed by atoms with Crippen molar-refractivity contribution >= 4 is 51.9 Å². The van der Waals surface area contributed by atoms with Gasteiger partial charge in [-0.3, -0.25) is 19.3 Å². The summed E-state index contributed by atoms with van der Waals surface area (Å²) < 4.78 is 5.27. The Labute approximate surface area is 243 Å². The molecule has 0 radical (unpaired) electrons. The van der Waals surface area contributed by atoms with Gasteiger partial charge in [0.1, 0.15) is 17.6 Å². The normalized spacial score (nSPS) is 16.2. The molecule has 2 aliphatic rings. The smallest absolute Gasteiger partial charge is 0.270 e. The van der Waals surface area contributed by atoms with E-state index in [2.05, 4.69) is 15.6 Å². The molecule has 3 aromatic carbocycles. The predicted octanol–water partition coefficient (Wildman–Crippen LogP) is 4.90. The van der Waals surface area contributed by atoms with Gasteiger partial charge in [-0.15, -0.1) is 0 Å². The number of methoxy groups -OCH3 is 1. The van der Waals surface area contributed by atoms with Crippen LogP contribution in [0.3, 0.4) is 0 Å². The fourth-order valence-electron chi connectivity index (χ4n) is 4.68. The Morgan fingerprint density at radius 1 is 1.02 bits per heavy atom. The summed E-state index contributed by atoms with van der Waals surface area (Å²) in [4.78, 5) is 50.2. The fourth-order valence-corrected chi connectivity index (χ4v) is 5.75. The van der Waals surface area contributed by atoms with Crippen molar-refractivity contribution < 1.29 is 19.1 Å². The maximum atomic E-state index is 13.3. The molecule has 2 heterocycles. The van der Waals surface area contributed by atoms with Crippen LogP contribution in [0.1, 0.15) is 37.3 Å². The van der Waals surface area contributed by atoms with Gasteiger partial charge in [0.25, 0.3) is 5.91 Å². The van der Waals surface area contributed by atoms with Crippen molar-refractivity contribution in [3.8, 4) is 5.75 Å². The van der Waals surface area contributed by atoms with Gasteiger partial charge >= 0.3 is 0 Å². The molecule has 0 fully saturated rings. The number of hydrogen-bond acceptors (Lipinski definition) is 7. The number of hydrogen-bond donors (Lipinski definition) is 2. The molecule has 3 aromatic rings. The summed E-state index contributed by atoms with van der Waals surface area (Å²) in [6.07, 6.45) is 0.943. The lowest BCUT2D eigenvalue weighted by Gasteiger charge is -2.32. The molecule has 3 amide bonds. The molecule has 2 aliphatic heterocycles. The number of fused-ring (bicyclic) bond motifs is 3. The summed E-state index contributed by atoms with van der Waals surface area (Å²) in [5, 5.41) is 5.90. The van der Waals surface area contributed by atoms with Crippen LogP contribution < -0.4 is 15.4 Å². The third-order valence-corrected chi connectivity index (χ3v) is 8.16. The largest absolute Gasteiger partial charge is 0.497 e. The third kappa shape index (κ3) is 6.49. The van der Waals surface area contributed by atoms with E-state index in [1.165, 1.54) is 11.8 Å². The third-order valence-electron chi connectivity index (χ3n) is 6.83. The lowest BCUT2D eigenvalue weighted by atomic mass is 10.1. The summed E-state index contributed by atoms with van der Waals surface area (Å²) >= 11 is 1.29. The number of aliphatic imine (C=N–C) groups is 2. The Kier molecular flexibility index (Phi) is 8.79. The van der Waals surface area contributed by atoms with Crippen molar-refractivity contribution in [2.75, 3.05) is 12.4 Å². The molecule has 9 nitrogen and oxygen atoms in total. The maximum Gasteiger partial charge on any atom is 0.270 e. The number of amidine groups is 2. The van der Waals surface area contributed by atoms with Crippen LogP contribution in [0, 0.1) is 0 Å². The highest BCUT2D eigenvalue weighted by atomic mass is 32.2. The Bertz CT molecular complexity index is 1510. The number of amides is 3. The van der Waals surface area contributed by atoms with Crippen LogP contribution in [-0.4, -0.2) is 52.0 Å². The first kappa shape index (κ1) is 28.1. The van der Waals surface area contributed by atoms with E-state index in [0.717, 1.165) is 11.1 Å². The minimum absolute atomic E-state index is 0.148. The molecule has 210 valence electrons. The van der Waals surface area contributed by atoms with E-state index in [1.54, 1.807) is 24.1 Å². The van der Waals surface area contributed by atoms with Gasteiger partial charge in [-0.05, 0) is 42.7 Å². The zero-order valence-electron chi connectivity index (χ0n) is 22.9. The van der Waals surface area contributed by atoms with Crippen molar-refractivity contribution in [2.24, 2.45) is 9.98 Å². The van der Waals surface area contributed by atoms with Gasteiger partial charge in [0, 0.05) is 30.3 Å². The molecule has 41 heavy (non-hydrogen) atoms. The standard InChI is InChI=1S/C31H31N5O4S/c1-3-26(30(39)33-21-12-9-13-22(18-21)40-2)41-31-34-24-15-8-7-14-23(24)28-35-29(38)25(36(28)31)16-17-27(37)32-19-20-10-5-4-6-11-20/h4-15,18,25-26H,3,16-17,19H2,1-2H3,(H,32,37)(H,33,39). The second kappa shape index (κ2) is 12.8. The number of thioether (sulfide) groups is 1. The number of nitrogens with zero attached hydrogens (tertiary/aromatic N) is 3. The van der Waals surface area contributed by atoms with E-state index in [9.17, 15) is 14.4 Å². The van der Waals surface area contributed by atoms with Gasteiger partial charge in [0.2, 0.25) is 11.8 Å². The number of carbonyl (C=O) groups is 3. The summed E-state index contributed by atoms with van der Waals surface area (Å²) in [7, 11) is 1.57. The molecule has 0 aliphatic carbocycles. The summed E-state index contributed by atoms with van der Waals surface area (Å²) in [5.41, 5.74) is 3.05. The number of nitrogens with one attached hydrogen (secondary N) is 2. The molecule has 5 rings (SSSR count). The minimum atomic E-state index is -0.689. The average Bonchev–Trinajstić information content (AvgIpc) is 3.34. The lowest BCUT2D eigenvalue weighted by Crippen LogP contribution is -2.45. The van der Waals surface area contributed by atoms with Gasteiger partial charge in [0.15, 0.2) is 5.17 Å². The van der Waals surface area contributed by atoms with E-state index < -0.39 is 11.3 Å². The quantitative estimate of drug-likeness (QED) is 0.359. The number of para-hydroxylation sites is 1. The lowest BCUT2D eigenvalue weighted by molar-refractivity contribution is -0.122. The zero-order valence-corrected chi connectivity index (χ0v) is 23.7. The van der Waals surface area contributed by atoms with Crippen LogP contribution in [0.5, 0.6) is 5.75 Å². The maximum absolute atomic E-state index is 13.3. The van der Waals surface area contributed by atoms with Crippen molar-refractivity contribution in [2.45, 2.75) is 44.0 Å². The SMILES string of the molecule is CCC(SC1=Nc2ccccc2C2=NC(=O)C(CCC(=O)NCc3ccccc3)N12)C(=O)Nc1cccc(OC)c1. The Morgan fingerprint density at radius 2 is 1.80 bits per heavy atom. The molecule has 2 atom stereocenters. The number of benzene rings is 3. The highest BCUT2D eigenvalue weighted by molar-refractivity contribution is 8.15. The van der Waals surface area contributed by atoms with E-state index in [4.69, 9.17) is 9.73 Å². The van der Waals surface area contributed by atoms with E-state index >= 15 is 0 Å². The van der Waals surface area contributed by atoms with Gasteiger partial charge in [-0.25, -0.2) is 4.99 Å². The van der Waals surface area contributed by atoms with E-state index in [-0.39, 0.29) is 30.6 Å². The van der Waals surface area contributed by atoms with Crippen LogP contribution in [0.15, 0.2) is 88.8 Å². The average molecular weight is 570 g/mol. The molecular formula is C31H31N5O4S. The van der Waals surface area contributed by atoms with Gasteiger partial charge in [-0.2, -0.15) is 4.99 Å². The van der Waals surface area contributed by atoms with Crippen LogP contribution >= 0.6 is 11.8 Å². The topological polar surface area (TPSA) is 112 Å². The Morgan fingerprint density at radius 3 is 2.59 bits per heavy atom. The Balaban J connectivity index is 1.32. The van der Waals surface area contributed by atoms with Crippen molar-refractivity contribution in [3.63, 3.8) is 0 Å². The van der Waals surface area contributed by atoms with Crippen molar-refractivity contribution in [3.05, 3.63) is 90.0 Å². The highest BCUT2D eigenvalue weighted by Crippen LogP contribution is 2.37. The molecule has 2 unspecified atom stereocenters. The van der Waals surface area contributed by atoms with Gasteiger partial charge < -0.3 is 15.4 Å². The van der Waals surface area contributed by atoms with E-state index in [1.807, 2.05) is 73.7 Å². The minimum Gasteiger partial charge on any atom is -0.497 e. The molecule has 0 saturated heterocycles. The van der Waals surface area contributed by atoms with Crippen molar-refractivity contribution in [1.29, 1.82) is 0 Å². The van der Waals surface area contributed by atoms with E-state index in [0.29, 0.717) is 41.1 Å².